The number of rotatable bonds is 7. The van der Waals surface area contributed by atoms with E-state index in [4.69, 9.17) is 5.41 Å². The normalized spacial score (nSPS) is 18.0. The third-order valence-corrected chi connectivity index (χ3v) is 7.31. The summed E-state index contributed by atoms with van der Waals surface area (Å²) in [4.78, 5) is 27.0. The minimum absolute atomic E-state index is 0.0562. The van der Waals surface area contributed by atoms with Gasteiger partial charge in [0.1, 0.15) is 11.6 Å². The van der Waals surface area contributed by atoms with E-state index in [0.717, 1.165) is 29.5 Å². The Hall–Kier alpha value is -3.35. The molecule has 2 aromatic carbocycles. The van der Waals surface area contributed by atoms with Crippen molar-refractivity contribution in [2.24, 2.45) is 5.92 Å². The van der Waals surface area contributed by atoms with Crippen LogP contribution in [0.15, 0.2) is 36.4 Å². The molecular formula is C31H43N3O4. The largest absolute Gasteiger partial charge is 0.507 e. The first-order chi connectivity index (χ1) is 17.7. The fourth-order valence-electron chi connectivity index (χ4n) is 5.26. The first kappa shape index (κ1) is 29.2. The first-order valence-electron chi connectivity index (χ1n) is 13.4. The maximum Gasteiger partial charge on any atom is 0.411 e. The minimum atomic E-state index is -0.529. The van der Waals surface area contributed by atoms with Crippen LogP contribution in [-0.2, 0) is 15.6 Å². The fraction of sp³-hybridized carbons (Fsp3) is 0.516. The summed E-state index contributed by atoms with van der Waals surface area (Å²) in [6, 6.07) is 11.1. The lowest BCUT2D eigenvalue weighted by atomic mass is 9.78. The second-order valence-electron chi connectivity index (χ2n) is 12.4. The Morgan fingerprint density at radius 3 is 2.08 bits per heavy atom. The number of likely N-dealkylation sites (tertiary alicyclic amines) is 1. The van der Waals surface area contributed by atoms with Gasteiger partial charge < -0.3 is 14.7 Å². The Morgan fingerprint density at radius 1 is 1.05 bits per heavy atom. The number of hydrogen-bond acceptors (Lipinski definition) is 5. The van der Waals surface area contributed by atoms with Crippen molar-refractivity contribution in [3.05, 3.63) is 58.7 Å². The molecule has 0 aliphatic carbocycles. The Kier molecular flexibility index (Phi) is 8.59. The molecule has 0 radical (unpaired) electrons. The number of phenols is 1. The number of ketones is 1. The van der Waals surface area contributed by atoms with Crippen molar-refractivity contribution >= 4 is 23.4 Å². The number of amides is 1. The van der Waals surface area contributed by atoms with Gasteiger partial charge in [0.25, 0.3) is 0 Å². The van der Waals surface area contributed by atoms with Crippen molar-refractivity contribution in [3.63, 3.8) is 0 Å². The number of ether oxygens (including phenoxy) is 1. The average Bonchev–Trinajstić information content (AvgIpc) is 3.12. The minimum Gasteiger partial charge on any atom is -0.507 e. The molecule has 0 aromatic heterocycles. The van der Waals surface area contributed by atoms with Crippen molar-refractivity contribution in [1.82, 2.24) is 4.90 Å². The highest BCUT2D eigenvalue weighted by Gasteiger charge is 2.39. The van der Waals surface area contributed by atoms with Crippen molar-refractivity contribution in [2.45, 2.75) is 78.1 Å². The molecular weight excluding hydrogens is 478 g/mol. The van der Waals surface area contributed by atoms with Crippen molar-refractivity contribution in [1.29, 1.82) is 5.41 Å². The molecule has 0 saturated carbocycles. The van der Waals surface area contributed by atoms with Crippen LogP contribution in [0, 0.1) is 11.3 Å². The SMILES string of the molecule is CCCC1CN(CC(=O)c2cc(C(C)(C)C)c(O)c(C(C)(C)C)c2)C(=N)C1c1ccc(NC(=O)OC)cc1. The number of phenolic OH excluding ortho intramolecular Hbond substituents is 1. The van der Waals surface area contributed by atoms with E-state index in [0.29, 0.717) is 23.6 Å². The lowest BCUT2D eigenvalue weighted by Crippen LogP contribution is -2.32. The number of methoxy groups -OCH3 is 1. The van der Waals surface area contributed by atoms with E-state index in [-0.39, 0.29) is 40.7 Å². The number of nitrogens with zero attached hydrogens (tertiary/aromatic N) is 1. The second kappa shape index (κ2) is 11.2. The zero-order valence-electron chi connectivity index (χ0n) is 24.1. The molecule has 3 rings (SSSR count). The number of carbonyl (C=O) groups excluding carboxylic acids is 2. The zero-order chi connectivity index (χ0) is 28.4. The van der Waals surface area contributed by atoms with Gasteiger partial charge in [-0.1, -0.05) is 67.0 Å². The van der Waals surface area contributed by atoms with E-state index in [1.54, 1.807) is 0 Å². The first-order valence-corrected chi connectivity index (χ1v) is 13.4. The molecule has 38 heavy (non-hydrogen) atoms. The molecule has 2 atom stereocenters. The number of hydrogen-bond donors (Lipinski definition) is 3. The molecule has 1 amide bonds. The van der Waals surface area contributed by atoms with Gasteiger partial charge in [0, 0.05) is 34.8 Å². The molecule has 1 aliphatic heterocycles. The molecule has 2 aromatic rings. The lowest BCUT2D eigenvalue weighted by Gasteiger charge is -2.28. The number of aromatic hydroxyl groups is 1. The number of nitrogens with one attached hydrogen (secondary N) is 2. The molecule has 0 spiro atoms. The number of carbonyl (C=O) groups is 2. The van der Waals surface area contributed by atoms with Crippen LogP contribution < -0.4 is 5.32 Å². The smallest absolute Gasteiger partial charge is 0.411 e. The maximum atomic E-state index is 13.6. The average molecular weight is 522 g/mol. The standard InChI is InChI=1S/C31H43N3O4/c1-9-10-20-17-34(28(32)26(20)19-11-13-22(14-12-19)33-29(37)38-8)18-25(35)21-15-23(30(2,3)4)27(36)24(16-21)31(5,6)7/h11-16,20,26,32,36H,9-10,17-18H2,1-8H3,(H,33,37). The highest BCUT2D eigenvalue weighted by atomic mass is 16.5. The van der Waals surface area contributed by atoms with Gasteiger partial charge >= 0.3 is 6.09 Å². The third kappa shape index (κ3) is 6.37. The fourth-order valence-corrected chi connectivity index (χ4v) is 5.26. The third-order valence-electron chi connectivity index (χ3n) is 7.31. The van der Waals surface area contributed by atoms with Crippen LogP contribution in [0.3, 0.4) is 0 Å². The summed E-state index contributed by atoms with van der Waals surface area (Å²) in [5, 5.41) is 22.7. The molecule has 206 valence electrons. The summed E-state index contributed by atoms with van der Waals surface area (Å²) in [5.41, 5.74) is 3.05. The summed E-state index contributed by atoms with van der Waals surface area (Å²) in [6.45, 7) is 15.1. The van der Waals surface area contributed by atoms with Crippen LogP contribution >= 0.6 is 0 Å². The van der Waals surface area contributed by atoms with Crippen LogP contribution in [0.1, 0.15) is 94.3 Å². The predicted octanol–water partition coefficient (Wildman–Crippen LogP) is 6.84. The molecule has 2 unspecified atom stereocenters. The lowest BCUT2D eigenvalue weighted by molar-refractivity contribution is 0.0963. The van der Waals surface area contributed by atoms with E-state index in [9.17, 15) is 14.7 Å². The Labute approximate surface area is 227 Å². The van der Waals surface area contributed by atoms with Gasteiger partial charge in [-0.2, -0.15) is 0 Å². The summed E-state index contributed by atoms with van der Waals surface area (Å²) < 4.78 is 4.66. The van der Waals surface area contributed by atoms with E-state index in [1.807, 2.05) is 82.8 Å². The Morgan fingerprint density at radius 2 is 1.61 bits per heavy atom. The van der Waals surface area contributed by atoms with Crippen molar-refractivity contribution < 1.29 is 19.4 Å². The summed E-state index contributed by atoms with van der Waals surface area (Å²) >= 11 is 0. The summed E-state index contributed by atoms with van der Waals surface area (Å²) in [6.07, 6.45) is 1.40. The number of Topliss-reactive ketones (excluding diaryl/α,β-unsaturated/α-hetero) is 1. The topological polar surface area (TPSA) is 103 Å². The van der Waals surface area contributed by atoms with Gasteiger partial charge in [0.2, 0.25) is 0 Å². The monoisotopic (exact) mass is 521 g/mol. The maximum absolute atomic E-state index is 13.6. The number of anilines is 1. The molecule has 1 heterocycles. The highest BCUT2D eigenvalue weighted by Crippen LogP contribution is 2.41. The highest BCUT2D eigenvalue weighted by molar-refractivity contribution is 6.01. The molecule has 1 fully saturated rings. The van der Waals surface area contributed by atoms with Crippen LogP contribution in [0.4, 0.5) is 10.5 Å². The van der Waals surface area contributed by atoms with Crippen LogP contribution in [0.25, 0.3) is 0 Å². The zero-order valence-corrected chi connectivity index (χ0v) is 24.1. The molecule has 0 bridgehead atoms. The molecule has 7 heteroatoms. The molecule has 3 N–H and O–H groups in total. The van der Waals surface area contributed by atoms with Gasteiger partial charge in [0.15, 0.2) is 5.78 Å². The van der Waals surface area contributed by atoms with Gasteiger partial charge in [-0.25, -0.2) is 4.79 Å². The van der Waals surface area contributed by atoms with Crippen LogP contribution in [-0.4, -0.2) is 47.9 Å². The van der Waals surface area contributed by atoms with Crippen molar-refractivity contribution in [2.75, 3.05) is 25.5 Å². The van der Waals surface area contributed by atoms with Crippen molar-refractivity contribution in [3.8, 4) is 5.75 Å². The van der Waals surface area contributed by atoms with Gasteiger partial charge in [-0.3, -0.25) is 15.5 Å². The van der Waals surface area contributed by atoms with Crippen LogP contribution in [0.2, 0.25) is 0 Å². The Balaban J connectivity index is 1.88. The molecule has 1 aliphatic rings. The van der Waals surface area contributed by atoms with E-state index in [1.165, 1.54) is 7.11 Å². The van der Waals surface area contributed by atoms with Gasteiger partial charge in [-0.05, 0) is 53.0 Å². The van der Waals surface area contributed by atoms with Gasteiger partial charge in [0.05, 0.1) is 13.7 Å². The number of benzene rings is 2. The van der Waals surface area contributed by atoms with Gasteiger partial charge in [-0.15, -0.1) is 0 Å². The van der Waals surface area contributed by atoms with Crippen LogP contribution in [0.5, 0.6) is 5.75 Å². The molecule has 7 nitrogen and oxygen atoms in total. The van der Waals surface area contributed by atoms with E-state index in [2.05, 4.69) is 17.0 Å². The second-order valence-corrected chi connectivity index (χ2v) is 12.4. The Bertz CT molecular complexity index is 1150. The summed E-state index contributed by atoms with van der Waals surface area (Å²) in [7, 11) is 1.32. The summed E-state index contributed by atoms with van der Waals surface area (Å²) in [5.74, 6) is 0.735. The van der Waals surface area contributed by atoms with E-state index < -0.39 is 6.09 Å². The molecule has 1 saturated heterocycles. The quantitative estimate of drug-likeness (QED) is 0.346. The predicted molar refractivity (Wildman–Crippen MR) is 153 cm³/mol. The van der Waals surface area contributed by atoms with E-state index >= 15 is 0 Å². The number of amidine groups is 1.